The van der Waals surface area contributed by atoms with Gasteiger partial charge in [-0.05, 0) is 42.8 Å². The zero-order valence-electron chi connectivity index (χ0n) is 15.4. The van der Waals surface area contributed by atoms with E-state index in [-0.39, 0.29) is 18.2 Å². The molecular weight excluding hydrogens is 412 g/mol. The molecule has 6 nitrogen and oxygen atoms in total. The Hall–Kier alpha value is -2.54. The van der Waals surface area contributed by atoms with E-state index in [1.54, 1.807) is 37.3 Å². The number of carbonyl (C=O) groups excluding carboxylic acids is 2. The Balaban J connectivity index is 1.76. The van der Waals surface area contributed by atoms with E-state index >= 15 is 0 Å². The number of benzene rings is 2. The SMILES string of the molecule is COc1ccc(N2CC(C(=O)Nc3ccc(Br)cc3C)CC2=O)c(OC)c1. The molecule has 1 atom stereocenters. The number of amides is 2. The highest BCUT2D eigenvalue weighted by Gasteiger charge is 2.36. The summed E-state index contributed by atoms with van der Waals surface area (Å²) in [6.45, 7) is 2.23. The number of methoxy groups -OCH3 is 2. The third kappa shape index (κ3) is 4.08. The average Bonchev–Trinajstić information content (AvgIpc) is 3.05. The second-order valence-electron chi connectivity index (χ2n) is 6.39. The number of halogens is 1. The first-order chi connectivity index (χ1) is 12.9. The Morgan fingerprint density at radius 1 is 1.19 bits per heavy atom. The van der Waals surface area contributed by atoms with Gasteiger partial charge in [0.15, 0.2) is 0 Å². The molecule has 0 aliphatic carbocycles. The van der Waals surface area contributed by atoms with Gasteiger partial charge in [0.25, 0.3) is 0 Å². The lowest BCUT2D eigenvalue weighted by Crippen LogP contribution is -2.28. The molecule has 7 heteroatoms. The van der Waals surface area contributed by atoms with Crippen molar-refractivity contribution < 1.29 is 19.1 Å². The van der Waals surface area contributed by atoms with E-state index in [0.717, 1.165) is 15.7 Å². The third-order valence-electron chi connectivity index (χ3n) is 4.62. The number of hydrogen-bond acceptors (Lipinski definition) is 4. The van der Waals surface area contributed by atoms with Crippen LogP contribution >= 0.6 is 15.9 Å². The van der Waals surface area contributed by atoms with Gasteiger partial charge in [0.2, 0.25) is 11.8 Å². The van der Waals surface area contributed by atoms with Crippen LogP contribution in [-0.2, 0) is 9.59 Å². The Labute approximate surface area is 166 Å². The standard InChI is InChI=1S/C20H21BrN2O4/c1-12-8-14(21)4-6-16(12)22-20(25)13-9-19(24)23(11-13)17-7-5-15(26-2)10-18(17)27-3/h4-8,10,13H,9,11H2,1-3H3,(H,22,25). The van der Waals surface area contributed by atoms with Crippen molar-refractivity contribution in [1.82, 2.24) is 0 Å². The first kappa shape index (κ1) is 19.2. The van der Waals surface area contributed by atoms with Crippen LogP contribution in [0.1, 0.15) is 12.0 Å². The molecule has 1 unspecified atom stereocenters. The van der Waals surface area contributed by atoms with Crippen molar-refractivity contribution in [3.63, 3.8) is 0 Å². The van der Waals surface area contributed by atoms with Crippen molar-refractivity contribution in [2.75, 3.05) is 31.0 Å². The summed E-state index contributed by atoms with van der Waals surface area (Å²) in [5.74, 6) is 0.483. The van der Waals surface area contributed by atoms with Crippen LogP contribution < -0.4 is 19.7 Å². The van der Waals surface area contributed by atoms with Crippen molar-refractivity contribution in [1.29, 1.82) is 0 Å². The Bertz CT molecular complexity index is 884. The second kappa shape index (κ2) is 8.00. The number of carbonyl (C=O) groups is 2. The molecule has 2 aromatic rings. The maximum atomic E-state index is 12.7. The molecular formula is C20H21BrN2O4. The number of anilines is 2. The lowest BCUT2D eigenvalue weighted by Gasteiger charge is -2.20. The van der Waals surface area contributed by atoms with E-state index in [2.05, 4.69) is 21.2 Å². The van der Waals surface area contributed by atoms with E-state index in [1.807, 2.05) is 25.1 Å². The zero-order chi connectivity index (χ0) is 19.6. The minimum Gasteiger partial charge on any atom is -0.497 e. The summed E-state index contributed by atoms with van der Waals surface area (Å²) in [6, 6.07) is 10.9. The molecule has 0 radical (unpaired) electrons. The van der Waals surface area contributed by atoms with Gasteiger partial charge < -0.3 is 19.7 Å². The molecule has 1 N–H and O–H groups in total. The fraction of sp³-hybridized carbons (Fsp3) is 0.300. The van der Waals surface area contributed by atoms with E-state index in [0.29, 0.717) is 23.7 Å². The van der Waals surface area contributed by atoms with Crippen molar-refractivity contribution >= 4 is 39.1 Å². The molecule has 27 heavy (non-hydrogen) atoms. The van der Waals surface area contributed by atoms with Gasteiger partial charge in [0.1, 0.15) is 11.5 Å². The molecule has 2 amide bonds. The predicted molar refractivity (Wildman–Crippen MR) is 108 cm³/mol. The monoisotopic (exact) mass is 432 g/mol. The molecule has 1 saturated heterocycles. The maximum Gasteiger partial charge on any atom is 0.229 e. The van der Waals surface area contributed by atoms with E-state index < -0.39 is 5.92 Å². The number of rotatable bonds is 5. The maximum absolute atomic E-state index is 12.7. The van der Waals surface area contributed by atoms with E-state index in [1.165, 1.54) is 0 Å². The van der Waals surface area contributed by atoms with Crippen LogP contribution in [0.4, 0.5) is 11.4 Å². The van der Waals surface area contributed by atoms with Crippen LogP contribution in [0.15, 0.2) is 40.9 Å². The van der Waals surface area contributed by atoms with Gasteiger partial charge in [0.05, 0.1) is 25.8 Å². The Kier molecular flexibility index (Phi) is 5.70. The molecule has 1 aliphatic rings. The summed E-state index contributed by atoms with van der Waals surface area (Å²) < 4.78 is 11.5. The summed E-state index contributed by atoms with van der Waals surface area (Å²) in [5, 5.41) is 2.93. The fourth-order valence-corrected chi connectivity index (χ4v) is 3.60. The molecule has 1 fully saturated rings. The lowest BCUT2D eigenvalue weighted by atomic mass is 10.1. The number of hydrogen-bond donors (Lipinski definition) is 1. The zero-order valence-corrected chi connectivity index (χ0v) is 17.0. The van der Waals surface area contributed by atoms with Crippen LogP contribution in [0.3, 0.4) is 0 Å². The first-order valence-electron chi connectivity index (χ1n) is 8.52. The van der Waals surface area contributed by atoms with Crippen LogP contribution in [0.2, 0.25) is 0 Å². The van der Waals surface area contributed by atoms with Gasteiger partial charge in [-0.25, -0.2) is 0 Å². The Morgan fingerprint density at radius 3 is 2.63 bits per heavy atom. The molecule has 142 valence electrons. The van der Waals surface area contributed by atoms with Crippen LogP contribution in [0.5, 0.6) is 11.5 Å². The third-order valence-corrected chi connectivity index (χ3v) is 5.11. The highest BCUT2D eigenvalue weighted by Crippen LogP contribution is 2.36. The van der Waals surface area contributed by atoms with Crippen LogP contribution in [0.25, 0.3) is 0 Å². The molecule has 0 saturated carbocycles. The number of ether oxygens (including phenoxy) is 2. The van der Waals surface area contributed by atoms with Gasteiger partial charge in [-0.15, -0.1) is 0 Å². The molecule has 0 spiro atoms. The number of nitrogens with zero attached hydrogens (tertiary/aromatic N) is 1. The average molecular weight is 433 g/mol. The summed E-state index contributed by atoms with van der Waals surface area (Å²) in [5.41, 5.74) is 2.34. The van der Waals surface area contributed by atoms with E-state index in [9.17, 15) is 9.59 Å². The van der Waals surface area contributed by atoms with Gasteiger partial charge in [-0.3, -0.25) is 9.59 Å². The predicted octanol–water partition coefficient (Wildman–Crippen LogP) is 3.77. The van der Waals surface area contributed by atoms with Crippen molar-refractivity contribution in [3.05, 3.63) is 46.4 Å². The minimum absolute atomic E-state index is 0.105. The lowest BCUT2D eigenvalue weighted by molar-refractivity contribution is -0.122. The normalized spacial score (nSPS) is 16.4. The molecule has 0 bridgehead atoms. The highest BCUT2D eigenvalue weighted by atomic mass is 79.9. The first-order valence-corrected chi connectivity index (χ1v) is 9.31. The van der Waals surface area contributed by atoms with Gasteiger partial charge in [0, 0.05) is 29.2 Å². The second-order valence-corrected chi connectivity index (χ2v) is 7.31. The molecule has 2 aromatic carbocycles. The fourth-order valence-electron chi connectivity index (χ4n) is 3.13. The molecule has 1 aliphatic heterocycles. The summed E-state index contributed by atoms with van der Waals surface area (Å²) in [7, 11) is 3.11. The smallest absolute Gasteiger partial charge is 0.229 e. The van der Waals surface area contributed by atoms with Crippen molar-refractivity contribution in [2.45, 2.75) is 13.3 Å². The van der Waals surface area contributed by atoms with Crippen LogP contribution in [-0.4, -0.2) is 32.6 Å². The topological polar surface area (TPSA) is 67.9 Å². The quantitative estimate of drug-likeness (QED) is 0.780. The number of aryl methyl sites for hydroxylation is 1. The number of nitrogens with one attached hydrogen (secondary N) is 1. The molecule has 1 heterocycles. The van der Waals surface area contributed by atoms with Crippen molar-refractivity contribution in [3.8, 4) is 11.5 Å². The molecule has 0 aromatic heterocycles. The van der Waals surface area contributed by atoms with Crippen LogP contribution in [0, 0.1) is 12.8 Å². The summed E-state index contributed by atoms with van der Waals surface area (Å²) in [4.78, 5) is 26.8. The van der Waals surface area contributed by atoms with Gasteiger partial charge >= 0.3 is 0 Å². The van der Waals surface area contributed by atoms with Gasteiger partial charge in [-0.1, -0.05) is 15.9 Å². The minimum atomic E-state index is -0.424. The van der Waals surface area contributed by atoms with E-state index in [4.69, 9.17) is 9.47 Å². The summed E-state index contributed by atoms with van der Waals surface area (Å²) in [6.07, 6.45) is 0.163. The Morgan fingerprint density at radius 2 is 1.96 bits per heavy atom. The largest absolute Gasteiger partial charge is 0.497 e. The highest BCUT2D eigenvalue weighted by molar-refractivity contribution is 9.10. The molecule has 3 rings (SSSR count). The van der Waals surface area contributed by atoms with Gasteiger partial charge in [-0.2, -0.15) is 0 Å². The van der Waals surface area contributed by atoms with Crippen molar-refractivity contribution in [2.24, 2.45) is 5.92 Å². The summed E-state index contributed by atoms with van der Waals surface area (Å²) >= 11 is 3.41.